The fourth-order valence-electron chi connectivity index (χ4n) is 2.98. The monoisotopic (exact) mass is 277 g/mol. The van der Waals surface area contributed by atoms with Crippen molar-refractivity contribution in [1.82, 2.24) is 5.32 Å². The molecule has 5 heteroatoms. The SMILES string of the molecule is COc1cc2c(cc1OC)C(=O)CC1(CCNCC1)O2. The average Bonchev–Trinajstić information content (AvgIpc) is 2.46. The summed E-state index contributed by atoms with van der Waals surface area (Å²) in [7, 11) is 3.14. The van der Waals surface area contributed by atoms with Crippen LogP contribution in [0.3, 0.4) is 0 Å². The van der Waals surface area contributed by atoms with E-state index in [2.05, 4.69) is 5.32 Å². The largest absolute Gasteiger partial charge is 0.493 e. The molecule has 2 aliphatic rings. The summed E-state index contributed by atoms with van der Waals surface area (Å²) in [5, 5.41) is 3.30. The molecule has 3 rings (SSSR count). The van der Waals surface area contributed by atoms with E-state index in [1.165, 1.54) is 0 Å². The van der Waals surface area contributed by atoms with E-state index in [0.29, 0.717) is 29.2 Å². The van der Waals surface area contributed by atoms with Gasteiger partial charge < -0.3 is 19.5 Å². The number of fused-ring (bicyclic) bond motifs is 1. The Bertz CT molecular complexity index is 535. The van der Waals surface area contributed by atoms with E-state index < -0.39 is 0 Å². The summed E-state index contributed by atoms with van der Waals surface area (Å²) in [5.41, 5.74) is 0.237. The summed E-state index contributed by atoms with van der Waals surface area (Å²) in [6.07, 6.45) is 2.15. The Kier molecular flexibility index (Phi) is 3.30. The standard InChI is InChI=1S/C15H19NO4/c1-18-13-7-10-11(17)9-15(3-5-16-6-4-15)20-12(10)8-14(13)19-2/h7-8,16H,3-6,9H2,1-2H3. The van der Waals surface area contributed by atoms with Crippen molar-refractivity contribution in [2.75, 3.05) is 27.3 Å². The summed E-state index contributed by atoms with van der Waals surface area (Å²) in [6.45, 7) is 1.77. The number of ether oxygens (including phenoxy) is 3. The van der Waals surface area contributed by atoms with Crippen LogP contribution in [0.25, 0.3) is 0 Å². The highest BCUT2D eigenvalue weighted by molar-refractivity contribution is 6.01. The molecule has 0 radical (unpaired) electrons. The van der Waals surface area contributed by atoms with Crippen LogP contribution in [0.15, 0.2) is 12.1 Å². The van der Waals surface area contributed by atoms with E-state index >= 15 is 0 Å². The Hall–Kier alpha value is -1.75. The third kappa shape index (κ3) is 2.12. The molecular formula is C15H19NO4. The maximum absolute atomic E-state index is 12.4. The van der Waals surface area contributed by atoms with Gasteiger partial charge in [0.25, 0.3) is 0 Å². The molecule has 1 aromatic carbocycles. The van der Waals surface area contributed by atoms with Crippen molar-refractivity contribution in [2.45, 2.75) is 24.9 Å². The fourth-order valence-corrected chi connectivity index (χ4v) is 2.98. The zero-order valence-electron chi connectivity index (χ0n) is 11.8. The number of hydrogen-bond donors (Lipinski definition) is 1. The first-order valence-electron chi connectivity index (χ1n) is 6.86. The molecule has 5 nitrogen and oxygen atoms in total. The number of carbonyl (C=O) groups is 1. The lowest BCUT2D eigenvalue weighted by atomic mass is 9.83. The van der Waals surface area contributed by atoms with Gasteiger partial charge in [0.05, 0.1) is 26.2 Å². The number of hydrogen-bond acceptors (Lipinski definition) is 5. The minimum atomic E-state index is -0.352. The van der Waals surface area contributed by atoms with Crippen molar-refractivity contribution in [1.29, 1.82) is 0 Å². The quantitative estimate of drug-likeness (QED) is 0.893. The van der Waals surface area contributed by atoms with Crippen molar-refractivity contribution in [3.8, 4) is 17.2 Å². The molecule has 2 heterocycles. The van der Waals surface area contributed by atoms with E-state index in [4.69, 9.17) is 14.2 Å². The van der Waals surface area contributed by atoms with Crippen LogP contribution in [0.4, 0.5) is 0 Å². The minimum Gasteiger partial charge on any atom is -0.493 e. The molecular weight excluding hydrogens is 258 g/mol. The van der Waals surface area contributed by atoms with Gasteiger partial charge in [-0.3, -0.25) is 4.79 Å². The molecule has 1 saturated heterocycles. The lowest BCUT2D eigenvalue weighted by Crippen LogP contribution is -2.49. The van der Waals surface area contributed by atoms with Crippen molar-refractivity contribution >= 4 is 5.78 Å². The Morgan fingerprint density at radius 2 is 1.80 bits per heavy atom. The zero-order valence-corrected chi connectivity index (χ0v) is 11.8. The maximum Gasteiger partial charge on any atom is 0.170 e. The molecule has 0 amide bonds. The molecule has 20 heavy (non-hydrogen) atoms. The molecule has 2 aliphatic heterocycles. The number of nitrogens with one attached hydrogen (secondary N) is 1. The van der Waals surface area contributed by atoms with Gasteiger partial charge in [-0.05, 0) is 19.2 Å². The highest BCUT2D eigenvalue weighted by Crippen LogP contribution is 2.43. The van der Waals surface area contributed by atoms with E-state index in [1.807, 2.05) is 0 Å². The van der Waals surface area contributed by atoms with E-state index in [9.17, 15) is 4.79 Å². The van der Waals surface area contributed by atoms with Gasteiger partial charge in [0.15, 0.2) is 17.3 Å². The Morgan fingerprint density at radius 1 is 1.15 bits per heavy atom. The second-order valence-electron chi connectivity index (χ2n) is 5.34. The highest BCUT2D eigenvalue weighted by Gasteiger charge is 2.41. The molecule has 1 spiro atoms. The smallest absolute Gasteiger partial charge is 0.170 e. The molecule has 108 valence electrons. The predicted molar refractivity (Wildman–Crippen MR) is 74.0 cm³/mol. The third-order valence-corrected chi connectivity index (χ3v) is 4.11. The van der Waals surface area contributed by atoms with Gasteiger partial charge >= 0.3 is 0 Å². The molecule has 0 bridgehead atoms. The Labute approximate surface area is 118 Å². The van der Waals surface area contributed by atoms with E-state index in [0.717, 1.165) is 25.9 Å². The van der Waals surface area contributed by atoms with Crippen LogP contribution in [-0.4, -0.2) is 38.7 Å². The number of carbonyl (C=O) groups excluding carboxylic acids is 1. The predicted octanol–water partition coefficient (Wildman–Crippen LogP) is 1.79. The van der Waals surface area contributed by atoms with Crippen LogP contribution < -0.4 is 19.5 Å². The van der Waals surface area contributed by atoms with Gasteiger partial charge in [-0.15, -0.1) is 0 Å². The number of piperidine rings is 1. The number of Topliss-reactive ketones (excluding diaryl/α,β-unsaturated/α-hetero) is 1. The molecule has 0 saturated carbocycles. The highest BCUT2D eigenvalue weighted by atomic mass is 16.5. The number of methoxy groups -OCH3 is 2. The zero-order chi connectivity index (χ0) is 14.2. The van der Waals surface area contributed by atoms with Crippen molar-refractivity contribution in [2.24, 2.45) is 0 Å². The molecule has 0 unspecified atom stereocenters. The van der Waals surface area contributed by atoms with Gasteiger partial charge in [-0.1, -0.05) is 0 Å². The van der Waals surface area contributed by atoms with Gasteiger partial charge in [0.2, 0.25) is 0 Å². The van der Waals surface area contributed by atoms with Crippen LogP contribution >= 0.6 is 0 Å². The summed E-state index contributed by atoms with van der Waals surface area (Å²) in [4.78, 5) is 12.4. The van der Waals surface area contributed by atoms with Gasteiger partial charge in [0, 0.05) is 18.9 Å². The maximum atomic E-state index is 12.4. The molecule has 0 aromatic heterocycles. The summed E-state index contributed by atoms with van der Waals surface area (Å²) >= 11 is 0. The van der Waals surface area contributed by atoms with Crippen molar-refractivity contribution in [3.63, 3.8) is 0 Å². The first-order chi connectivity index (χ1) is 9.67. The van der Waals surface area contributed by atoms with E-state index in [-0.39, 0.29) is 11.4 Å². The molecule has 0 aliphatic carbocycles. The van der Waals surface area contributed by atoms with Crippen molar-refractivity contribution in [3.05, 3.63) is 17.7 Å². The molecule has 1 N–H and O–H groups in total. The Balaban J connectivity index is 2.00. The first-order valence-corrected chi connectivity index (χ1v) is 6.86. The van der Waals surface area contributed by atoms with Crippen LogP contribution in [0.5, 0.6) is 17.2 Å². The topological polar surface area (TPSA) is 56.8 Å². The molecule has 1 aromatic rings. The van der Waals surface area contributed by atoms with Crippen LogP contribution in [0, 0.1) is 0 Å². The van der Waals surface area contributed by atoms with Gasteiger partial charge in [-0.25, -0.2) is 0 Å². The third-order valence-electron chi connectivity index (χ3n) is 4.11. The second kappa shape index (κ2) is 4.98. The normalized spacial score (nSPS) is 20.2. The second-order valence-corrected chi connectivity index (χ2v) is 5.34. The van der Waals surface area contributed by atoms with Crippen molar-refractivity contribution < 1.29 is 19.0 Å². The summed E-state index contributed by atoms with van der Waals surface area (Å²) in [5.74, 6) is 1.88. The average molecular weight is 277 g/mol. The van der Waals surface area contributed by atoms with Gasteiger partial charge in [-0.2, -0.15) is 0 Å². The van der Waals surface area contributed by atoms with Gasteiger partial charge in [0.1, 0.15) is 11.4 Å². The lowest BCUT2D eigenvalue weighted by Gasteiger charge is -2.41. The fraction of sp³-hybridized carbons (Fsp3) is 0.533. The minimum absolute atomic E-state index is 0.120. The van der Waals surface area contributed by atoms with E-state index in [1.54, 1.807) is 26.4 Å². The number of rotatable bonds is 2. The molecule has 1 fully saturated rings. The Morgan fingerprint density at radius 3 is 2.45 bits per heavy atom. The van der Waals surface area contributed by atoms with Crippen LogP contribution in [0.1, 0.15) is 29.6 Å². The number of ketones is 1. The van der Waals surface area contributed by atoms with Crippen LogP contribution in [0.2, 0.25) is 0 Å². The molecule has 0 atom stereocenters. The lowest BCUT2D eigenvalue weighted by molar-refractivity contribution is 0.0185. The van der Waals surface area contributed by atoms with Crippen LogP contribution in [-0.2, 0) is 0 Å². The first kappa shape index (κ1) is 13.2. The number of benzene rings is 1. The summed E-state index contributed by atoms with van der Waals surface area (Å²) < 4.78 is 16.7. The summed E-state index contributed by atoms with van der Waals surface area (Å²) in [6, 6.07) is 3.47.